The second-order valence-electron chi connectivity index (χ2n) is 14.5. The molecule has 13 rings (SSSR count). The molecule has 0 spiro atoms. The molecule has 0 atom stereocenters. The fourth-order valence-corrected chi connectivity index (χ4v) is 10.3. The minimum Gasteiger partial charge on any atom is -0.454 e. The molecule has 5 aromatic heterocycles. The third kappa shape index (κ3) is 3.98. The van der Waals surface area contributed by atoms with Gasteiger partial charge in [-0.15, -0.1) is 11.3 Å². The minimum atomic E-state index is 0.620. The lowest BCUT2D eigenvalue weighted by Crippen LogP contribution is -2.03. The standard InChI is InChI=1S/C50H28N4OS/c1-2-14-29(15-3-1)45-49-46(36-21-9-13-25-42(36)56-49)52-50(51-45)54-40-24-12-8-20-35(40)43-33-18-4-5-19-34(33)44-37-28-30(26-27-41(37)55-48(44)47(43)54)53-38-22-10-6-16-31(38)32-17-7-11-23-39(32)53/h1-28H. The van der Waals surface area contributed by atoms with E-state index in [1.165, 1.54) is 31.9 Å². The molecule has 6 heteroatoms. The van der Waals surface area contributed by atoms with E-state index in [9.17, 15) is 0 Å². The van der Waals surface area contributed by atoms with Gasteiger partial charge in [-0.25, -0.2) is 9.97 Å². The summed E-state index contributed by atoms with van der Waals surface area (Å²) in [4.78, 5) is 10.9. The van der Waals surface area contributed by atoms with Gasteiger partial charge in [-0.2, -0.15) is 0 Å². The van der Waals surface area contributed by atoms with Crippen molar-refractivity contribution in [2.75, 3.05) is 0 Å². The highest BCUT2D eigenvalue weighted by atomic mass is 32.1. The molecule has 260 valence electrons. The molecule has 13 aromatic rings. The number of aromatic nitrogens is 4. The van der Waals surface area contributed by atoms with Crippen molar-refractivity contribution in [3.63, 3.8) is 0 Å². The Morgan fingerprint density at radius 3 is 1.79 bits per heavy atom. The van der Waals surface area contributed by atoms with Gasteiger partial charge in [0.25, 0.3) is 0 Å². The molecule has 0 aliphatic heterocycles. The van der Waals surface area contributed by atoms with Crippen molar-refractivity contribution in [2.45, 2.75) is 0 Å². The van der Waals surface area contributed by atoms with Gasteiger partial charge in [0.15, 0.2) is 5.58 Å². The lowest BCUT2D eigenvalue weighted by Gasteiger charge is -2.11. The van der Waals surface area contributed by atoms with Crippen LogP contribution >= 0.6 is 11.3 Å². The van der Waals surface area contributed by atoms with E-state index in [1.807, 2.05) is 0 Å². The lowest BCUT2D eigenvalue weighted by molar-refractivity contribution is 0.671. The fraction of sp³-hybridized carbons (Fsp3) is 0. The number of benzene rings is 8. The van der Waals surface area contributed by atoms with E-state index in [2.05, 4.69) is 179 Å². The molecule has 5 heterocycles. The van der Waals surface area contributed by atoms with E-state index in [0.717, 1.165) is 81.7 Å². The van der Waals surface area contributed by atoms with E-state index in [1.54, 1.807) is 11.3 Å². The van der Waals surface area contributed by atoms with Crippen LogP contribution in [0.4, 0.5) is 0 Å². The van der Waals surface area contributed by atoms with Gasteiger partial charge in [-0.3, -0.25) is 4.57 Å². The van der Waals surface area contributed by atoms with Gasteiger partial charge in [0.05, 0.1) is 32.5 Å². The van der Waals surface area contributed by atoms with E-state index in [-0.39, 0.29) is 0 Å². The number of rotatable bonds is 3. The fourth-order valence-electron chi connectivity index (χ4n) is 9.18. The summed E-state index contributed by atoms with van der Waals surface area (Å²) in [5.74, 6) is 0.620. The third-order valence-corrected chi connectivity index (χ3v) is 12.7. The van der Waals surface area contributed by atoms with Crippen LogP contribution in [0.25, 0.3) is 120 Å². The van der Waals surface area contributed by atoms with E-state index >= 15 is 0 Å². The molecule has 0 N–H and O–H groups in total. The Morgan fingerprint density at radius 1 is 0.464 bits per heavy atom. The lowest BCUT2D eigenvalue weighted by atomic mass is 9.98. The number of para-hydroxylation sites is 3. The zero-order chi connectivity index (χ0) is 36.5. The zero-order valence-corrected chi connectivity index (χ0v) is 30.6. The molecule has 0 saturated carbocycles. The Hall–Kier alpha value is -7.28. The summed E-state index contributed by atoms with van der Waals surface area (Å²) in [5.41, 5.74) is 10.0. The topological polar surface area (TPSA) is 48.8 Å². The molecule has 0 bridgehead atoms. The molecular formula is C50H28N4OS. The van der Waals surface area contributed by atoms with Gasteiger partial charge in [0.2, 0.25) is 5.95 Å². The number of furan rings is 1. The van der Waals surface area contributed by atoms with E-state index < -0.39 is 0 Å². The summed E-state index contributed by atoms with van der Waals surface area (Å²) >= 11 is 1.75. The van der Waals surface area contributed by atoms with Crippen LogP contribution in [0.3, 0.4) is 0 Å². The van der Waals surface area contributed by atoms with Crippen LogP contribution in [0.2, 0.25) is 0 Å². The minimum absolute atomic E-state index is 0.620. The first kappa shape index (κ1) is 30.1. The van der Waals surface area contributed by atoms with Crippen LogP contribution in [0.1, 0.15) is 0 Å². The molecule has 0 aliphatic carbocycles. The zero-order valence-electron chi connectivity index (χ0n) is 29.8. The van der Waals surface area contributed by atoms with Crippen LogP contribution in [-0.4, -0.2) is 19.1 Å². The molecule has 0 saturated heterocycles. The predicted octanol–water partition coefficient (Wildman–Crippen LogP) is 13.8. The molecular weight excluding hydrogens is 705 g/mol. The van der Waals surface area contributed by atoms with Crippen molar-refractivity contribution in [1.29, 1.82) is 0 Å². The van der Waals surface area contributed by atoms with Crippen LogP contribution in [0.15, 0.2) is 174 Å². The van der Waals surface area contributed by atoms with Crippen molar-refractivity contribution >= 4 is 108 Å². The average Bonchev–Trinajstić information content (AvgIpc) is 4.01. The van der Waals surface area contributed by atoms with Gasteiger partial charge in [0, 0.05) is 53.7 Å². The highest BCUT2D eigenvalue weighted by Crippen LogP contribution is 2.47. The molecule has 5 nitrogen and oxygen atoms in total. The molecule has 0 fully saturated rings. The maximum absolute atomic E-state index is 7.09. The van der Waals surface area contributed by atoms with Crippen LogP contribution in [0.5, 0.6) is 0 Å². The summed E-state index contributed by atoms with van der Waals surface area (Å²) in [7, 11) is 0. The van der Waals surface area contributed by atoms with Crippen LogP contribution in [-0.2, 0) is 0 Å². The van der Waals surface area contributed by atoms with Crippen molar-refractivity contribution in [2.24, 2.45) is 0 Å². The normalized spacial score (nSPS) is 12.3. The monoisotopic (exact) mass is 732 g/mol. The van der Waals surface area contributed by atoms with Crippen molar-refractivity contribution < 1.29 is 4.42 Å². The highest BCUT2D eigenvalue weighted by Gasteiger charge is 2.26. The predicted molar refractivity (Wildman–Crippen MR) is 234 cm³/mol. The van der Waals surface area contributed by atoms with Gasteiger partial charge in [0.1, 0.15) is 11.1 Å². The Balaban J connectivity index is 1.19. The quantitative estimate of drug-likeness (QED) is 0.182. The van der Waals surface area contributed by atoms with Crippen LogP contribution < -0.4 is 0 Å². The van der Waals surface area contributed by atoms with Gasteiger partial charge in [-0.1, -0.05) is 127 Å². The molecule has 0 aliphatic rings. The van der Waals surface area contributed by atoms with Crippen molar-refractivity contribution in [3.8, 4) is 22.9 Å². The summed E-state index contributed by atoms with van der Waals surface area (Å²) in [6, 6.07) is 60.3. The molecule has 0 amide bonds. The van der Waals surface area contributed by atoms with Crippen LogP contribution in [0, 0.1) is 0 Å². The van der Waals surface area contributed by atoms with Gasteiger partial charge < -0.3 is 8.98 Å². The number of hydrogen-bond donors (Lipinski definition) is 0. The Bertz CT molecular complexity index is 3720. The van der Waals surface area contributed by atoms with E-state index in [0.29, 0.717) is 5.95 Å². The highest BCUT2D eigenvalue weighted by molar-refractivity contribution is 7.26. The Morgan fingerprint density at radius 2 is 1.05 bits per heavy atom. The SMILES string of the molecule is c1ccc(-c2nc(-n3c4ccccc4c4c5ccccc5c5c6cc(-n7c8ccccc8c8ccccc87)ccc6oc5c43)nc3c2sc2ccccc23)cc1. The molecule has 0 radical (unpaired) electrons. The summed E-state index contributed by atoms with van der Waals surface area (Å²) < 4.78 is 14.0. The molecule has 56 heavy (non-hydrogen) atoms. The second kappa shape index (κ2) is 11.1. The number of hydrogen-bond acceptors (Lipinski definition) is 4. The maximum atomic E-state index is 7.09. The maximum Gasteiger partial charge on any atom is 0.236 e. The number of thiophene rings is 1. The van der Waals surface area contributed by atoms with E-state index in [4.69, 9.17) is 14.4 Å². The smallest absolute Gasteiger partial charge is 0.236 e. The summed E-state index contributed by atoms with van der Waals surface area (Å²) in [5, 5.41) is 10.3. The summed E-state index contributed by atoms with van der Waals surface area (Å²) in [6.45, 7) is 0. The number of fused-ring (bicyclic) bond motifs is 16. The largest absolute Gasteiger partial charge is 0.454 e. The van der Waals surface area contributed by atoms with Gasteiger partial charge in [-0.05, 0) is 53.2 Å². The molecule has 8 aromatic carbocycles. The Kier molecular flexibility index (Phi) is 5.98. The van der Waals surface area contributed by atoms with Crippen molar-refractivity contribution in [3.05, 3.63) is 170 Å². The van der Waals surface area contributed by atoms with Crippen molar-refractivity contribution in [1.82, 2.24) is 19.1 Å². The summed E-state index contributed by atoms with van der Waals surface area (Å²) in [6.07, 6.45) is 0. The first-order chi connectivity index (χ1) is 27.8. The van der Waals surface area contributed by atoms with Gasteiger partial charge >= 0.3 is 0 Å². The second-order valence-corrected chi connectivity index (χ2v) is 15.5. The first-order valence-electron chi connectivity index (χ1n) is 18.8. The first-order valence-corrected chi connectivity index (χ1v) is 19.7. The third-order valence-electron chi connectivity index (χ3n) is 11.5. The Labute approximate surface area is 322 Å². The average molecular weight is 733 g/mol. The molecule has 0 unspecified atom stereocenters. The number of nitrogens with zero attached hydrogens (tertiary/aromatic N) is 4.